The Morgan fingerprint density at radius 3 is 2.74 bits per heavy atom. The number of carbonyl (C=O) groups is 2. The van der Waals surface area contributed by atoms with Crippen molar-refractivity contribution in [2.75, 3.05) is 11.9 Å². The first-order valence-electron chi connectivity index (χ1n) is 10.2. The summed E-state index contributed by atoms with van der Waals surface area (Å²) in [6, 6.07) is 13.1. The molecule has 0 bridgehead atoms. The molecule has 3 rings (SSSR count). The topological polar surface area (TPSA) is 153 Å². The molecule has 0 unspecified atom stereocenters. The van der Waals surface area contributed by atoms with Crippen LogP contribution >= 0.6 is 11.8 Å². The highest BCUT2D eigenvalue weighted by atomic mass is 32.2. The van der Waals surface area contributed by atoms with Crippen LogP contribution in [-0.2, 0) is 17.1 Å². The van der Waals surface area contributed by atoms with Crippen molar-refractivity contribution in [3.8, 4) is 17.7 Å². The number of anilines is 1. The summed E-state index contributed by atoms with van der Waals surface area (Å²) in [5, 5.41) is 10.2. The maximum atomic E-state index is 12.4. The molecule has 2 heterocycles. The van der Waals surface area contributed by atoms with Crippen LogP contribution in [0, 0.1) is 11.8 Å². The predicted molar refractivity (Wildman–Crippen MR) is 135 cm³/mol. The Morgan fingerprint density at radius 1 is 1.23 bits per heavy atom. The average molecular weight is 493 g/mol. The Morgan fingerprint density at radius 2 is 2.06 bits per heavy atom. The van der Waals surface area contributed by atoms with Crippen molar-refractivity contribution in [1.29, 1.82) is 0 Å². The fourth-order valence-electron chi connectivity index (χ4n) is 2.48. The van der Waals surface area contributed by atoms with E-state index in [4.69, 9.17) is 20.4 Å². The van der Waals surface area contributed by atoms with Crippen LogP contribution in [0.15, 0.2) is 66.0 Å². The lowest BCUT2D eigenvalue weighted by molar-refractivity contribution is -0.122. The molecule has 0 saturated heterocycles. The Labute approximate surface area is 207 Å². The number of hydrogen-bond acceptors (Lipinski definition) is 8. The number of nitrogens with one attached hydrogen (secondary N) is 1. The lowest BCUT2D eigenvalue weighted by atomic mass is 10.2. The highest BCUT2D eigenvalue weighted by Gasteiger charge is 2.09. The molecule has 2 aromatic heterocycles. The van der Waals surface area contributed by atoms with Gasteiger partial charge in [-0.15, -0.1) is 5.92 Å². The number of nitrogens with zero attached hydrogens (tertiary/aromatic N) is 4. The summed E-state index contributed by atoms with van der Waals surface area (Å²) in [6.07, 6.45) is 4.50. The van der Waals surface area contributed by atoms with Crippen molar-refractivity contribution in [2.45, 2.75) is 19.2 Å². The summed E-state index contributed by atoms with van der Waals surface area (Å²) >= 11 is 1.43. The Bertz CT molecular complexity index is 1180. The summed E-state index contributed by atoms with van der Waals surface area (Å²) in [4.78, 5) is 37.6. The van der Waals surface area contributed by atoms with Gasteiger partial charge in [-0.25, -0.2) is 9.97 Å². The molecule has 3 aromatic rings. The van der Waals surface area contributed by atoms with Gasteiger partial charge in [-0.3, -0.25) is 19.6 Å². The van der Waals surface area contributed by atoms with Crippen LogP contribution in [0.3, 0.4) is 0 Å². The minimum absolute atomic E-state index is 0.178. The van der Waals surface area contributed by atoms with E-state index >= 15 is 0 Å². The quantitative estimate of drug-likeness (QED) is 0.186. The third-order valence-corrected chi connectivity index (χ3v) is 4.89. The van der Waals surface area contributed by atoms with Gasteiger partial charge in [0.2, 0.25) is 5.88 Å². The van der Waals surface area contributed by atoms with Gasteiger partial charge in [0.15, 0.2) is 11.8 Å². The summed E-state index contributed by atoms with van der Waals surface area (Å²) in [5.41, 5.74) is 8.66. The maximum Gasteiger partial charge on any atom is 0.290 e. The van der Waals surface area contributed by atoms with E-state index < -0.39 is 0 Å². The minimum atomic E-state index is -0.372. The molecule has 0 aliphatic heterocycles. The number of carbonyl (C=O) groups excluding carboxylic acids is 1. The van der Waals surface area contributed by atoms with Gasteiger partial charge >= 0.3 is 0 Å². The number of amidine groups is 1. The van der Waals surface area contributed by atoms with Crippen LogP contribution < -0.4 is 15.8 Å². The number of hydrogen-bond donors (Lipinski definition) is 3. The Kier molecular flexibility index (Phi) is 11.8. The second-order valence-corrected chi connectivity index (χ2v) is 7.48. The van der Waals surface area contributed by atoms with Crippen molar-refractivity contribution in [2.24, 2.45) is 10.7 Å². The molecule has 1 amide bonds. The van der Waals surface area contributed by atoms with Gasteiger partial charge in [-0.1, -0.05) is 35.9 Å². The van der Waals surface area contributed by atoms with E-state index in [0.29, 0.717) is 29.0 Å². The van der Waals surface area contributed by atoms with Crippen LogP contribution in [0.5, 0.6) is 5.88 Å². The van der Waals surface area contributed by atoms with Gasteiger partial charge in [0.25, 0.3) is 12.4 Å². The van der Waals surface area contributed by atoms with Crippen LogP contribution in [-0.4, -0.2) is 44.2 Å². The maximum absolute atomic E-state index is 12.4. The molecular weight excluding hydrogens is 468 g/mol. The number of thioether (sulfide) groups is 1. The summed E-state index contributed by atoms with van der Waals surface area (Å²) in [7, 11) is 0. The Hall–Kier alpha value is -4.43. The van der Waals surface area contributed by atoms with Crippen LogP contribution in [0.2, 0.25) is 0 Å². The summed E-state index contributed by atoms with van der Waals surface area (Å²) < 4.78 is 5.30. The second-order valence-electron chi connectivity index (χ2n) is 6.48. The van der Waals surface area contributed by atoms with E-state index in [-0.39, 0.29) is 24.7 Å². The molecule has 0 aliphatic carbocycles. The largest absolute Gasteiger partial charge is 0.483 e. The van der Waals surface area contributed by atoms with Gasteiger partial charge in [-0.2, -0.15) is 0 Å². The predicted octanol–water partition coefficient (Wildman–Crippen LogP) is 2.97. The van der Waals surface area contributed by atoms with Gasteiger partial charge in [0.05, 0.1) is 24.6 Å². The fraction of sp³-hybridized carbons (Fsp3) is 0.167. The van der Waals surface area contributed by atoms with Gasteiger partial charge in [0, 0.05) is 17.6 Å². The van der Waals surface area contributed by atoms with Crippen molar-refractivity contribution < 1.29 is 19.4 Å². The van der Waals surface area contributed by atoms with Gasteiger partial charge in [-0.05, 0) is 36.8 Å². The van der Waals surface area contributed by atoms with E-state index in [1.807, 2.05) is 36.4 Å². The zero-order chi connectivity index (χ0) is 25.3. The van der Waals surface area contributed by atoms with Crippen molar-refractivity contribution in [3.05, 3.63) is 78.0 Å². The average Bonchev–Trinajstić information content (AvgIpc) is 2.88. The molecule has 0 atom stereocenters. The molecule has 0 fully saturated rings. The molecule has 35 heavy (non-hydrogen) atoms. The molecule has 0 saturated carbocycles. The van der Waals surface area contributed by atoms with Crippen molar-refractivity contribution in [1.82, 2.24) is 15.0 Å². The normalized spacial score (nSPS) is 10.1. The Balaban J connectivity index is 0.00000137. The number of pyridine rings is 1. The second kappa shape index (κ2) is 15.4. The molecule has 0 spiro atoms. The molecule has 4 N–H and O–H groups in total. The van der Waals surface area contributed by atoms with Gasteiger partial charge < -0.3 is 20.9 Å². The SMILES string of the molecule is CC#CCOc1cnc(C(=O)Nc2cccc(CN=C(N)SCc3ccccn3)c2)cn1.O=CO. The fourth-order valence-corrected chi connectivity index (χ4v) is 3.10. The molecule has 0 radical (unpaired) electrons. The van der Waals surface area contributed by atoms with E-state index in [1.54, 1.807) is 19.2 Å². The first-order valence-corrected chi connectivity index (χ1v) is 11.2. The smallest absolute Gasteiger partial charge is 0.290 e. The first-order chi connectivity index (χ1) is 17.0. The lowest BCUT2D eigenvalue weighted by Gasteiger charge is -2.07. The van der Waals surface area contributed by atoms with Crippen LogP contribution in [0.25, 0.3) is 0 Å². The van der Waals surface area contributed by atoms with E-state index in [1.165, 1.54) is 24.2 Å². The number of nitrogens with two attached hydrogens (primary N) is 1. The zero-order valence-electron chi connectivity index (χ0n) is 18.9. The first kappa shape index (κ1) is 26.8. The number of amides is 1. The zero-order valence-corrected chi connectivity index (χ0v) is 19.7. The standard InChI is InChI=1S/C23H22N6O2S.CH2O2/c1-2-3-11-31-21-15-26-20(14-27-21)22(30)29-18-9-6-7-17(12-18)13-28-23(24)32-16-19-8-4-5-10-25-19;2-1-3/h4-10,12,14-15H,11,13,16H2,1H3,(H2,24,28)(H,29,30);1H,(H,2,3). The molecule has 180 valence electrons. The molecule has 0 aliphatic rings. The third kappa shape index (κ3) is 10.4. The monoisotopic (exact) mass is 492 g/mol. The van der Waals surface area contributed by atoms with Gasteiger partial charge in [0.1, 0.15) is 5.69 Å². The summed E-state index contributed by atoms with van der Waals surface area (Å²) in [6.45, 7) is 2.09. The lowest BCUT2D eigenvalue weighted by Crippen LogP contribution is -2.14. The number of benzene rings is 1. The molecule has 11 heteroatoms. The van der Waals surface area contributed by atoms with E-state index in [9.17, 15) is 4.79 Å². The number of aromatic nitrogens is 3. The number of ether oxygens (including phenoxy) is 1. The highest BCUT2D eigenvalue weighted by molar-refractivity contribution is 8.13. The third-order valence-electron chi connectivity index (χ3n) is 4.03. The molecule has 10 nitrogen and oxygen atoms in total. The van der Waals surface area contributed by atoms with E-state index in [2.05, 4.69) is 37.1 Å². The van der Waals surface area contributed by atoms with Crippen molar-refractivity contribution in [3.63, 3.8) is 0 Å². The summed E-state index contributed by atoms with van der Waals surface area (Å²) in [5.74, 6) is 6.08. The molecule has 1 aromatic carbocycles. The van der Waals surface area contributed by atoms with E-state index in [0.717, 1.165) is 11.3 Å². The highest BCUT2D eigenvalue weighted by Crippen LogP contribution is 2.15. The number of aliphatic imine (C=N–C) groups is 1. The van der Waals surface area contributed by atoms with Crippen LogP contribution in [0.1, 0.15) is 28.7 Å². The molecular formula is C24H24N6O4S. The number of rotatable bonds is 8. The minimum Gasteiger partial charge on any atom is -0.483 e. The van der Waals surface area contributed by atoms with Crippen LogP contribution in [0.4, 0.5) is 5.69 Å². The van der Waals surface area contributed by atoms with Crippen molar-refractivity contribution >= 4 is 35.0 Å². The number of carboxylic acid groups (broad SMARTS) is 1.